The van der Waals surface area contributed by atoms with E-state index in [2.05, 4.69) is 27.7 Å². The molecule has 222 valence electrons. The molecule has 38 heavy (non-hydrogen) atoms. The maximum Gasteiger partial charge on any atom is 0.416 e. The molecule has 6 heteroatoms. The summed E-state index contributed by atoms with van der Waals surface area (Å²) in [5.41, 5.74) is 0.383. The molecule has 3 nitrogen and oxygen atoms in total. The predicted molar refractivity (Wildman–Crippen MR) is 151 cm³/mol. The number of halogens is 3. The summed E-state index contributed by atoms with van der Waals surface area (Å²) >= 11 is 0. The van der Waals surface area contributed by atoms with Crippen LogP contribution in [0.2, 0.25) is 0 Å². The standard InChI is InChI=1S/C32H55F3O3/c1-5-9-10-11-12-16-19-30(32(36-25-6-2,37-26-7-3)38-27-8-4)20-17-14-13-15-18-28-21-23-29(24-22-28)31(33,34)35/h21-24,30H,5-20,25-27H2,1-4H3. The minimum absolute atomic E-state index is 0.188. The summed E-state index contributed by atoms with van der Waals surface area (Å²) < 4.78 is 57.5. The van der Waals surface area contributed by atoms with Gasteiger partial charge in [-0.1, -0.05) is 97.6 Å². The normalized spacial score (nSPS) is 13.2. The summed E-state index contributed by atoms with van der Waals surface area (Å²) in [4.78, 5) is 0. The van der Waals surface area contributed by atoms with E-state index in [1.165, 1.54) is 44.2 Å². The molecule has 0 bridgehead atoms. The van der Waals surface area contributed by atoms with Crippen molar-refractivity contribution < 1.29 is 27.4 Å². The largest absolute Gasteiger partial charge is 0.416 e. The number of benzene rings is 1. The van der Waals surface area contributed by atoms with E-state index in [1.807, 2.05) is 0 Å². The molecule has 1 aromatic carbocycles. The van der Waals surface area contributed by atoms with Gasteiger partial charge in [0.1, 0.15) is 0 Å². The lowest BCUT2D eigenvalue weighted by molar-refractivity contribution is -0.406. The van der Waals surface area contributed by atoms with E-state index >= 15 is 0 Å². The molecule has 0 saturated heterocycles. The third kappa shape index (κ3) is 14.3. The monoisotopic (exact) mass is 544 g/mol. The van der Waals surface area contributed by atoms with Crippen molar-refractivity contribution in [2.24, 2.45) is 5.92 Å². The Morgan fingerprint density at radius 2 is 1.03 bits per heavy atom. The average molecular weight is 545 g/mol. The molecule has 0 heterocycles. The molecule has 0 aliphatic heterocycles. The number of hydrogen-bond acceptors (Lipinski definition) is 3. The minimum Gasteiger partial charge on any atom is -0.327 e. The highest BCUT2D eigenvalue weighted by Gasteiger charge is 2.42. The van der Waals surface area contributed by atoms with Crippen molar-refractivity contribution in [3.63, 3.8) is 0 Å². The van der Waals surface area contributed by atoms with Crippen molar-refractivity contribution in [2.75, 3.05) is 19.8 Å². The molecular weight excluding hydrogens is 489 g/mol. The number of aryl methyl sites for hydroxylation is 1. The predicted octanol–water partition coefficient (Wildman–Crippen LogP) is 10.5. The number of alkyl halides is 3. The average Bonchev–Trinajstić information content (AvgIpc) is 2.91. The fourth-order valence-electron chi connectivity index (χ4n) is 4.81. The quantitative estimate of drug-likeness (QED) is 0.0957. The number of unbranched alkanes of at least 4 members (excludes halogenated alkanes) is 8. The molecule has 1 unspecified atom stereocenters. The number of rotatable bonds is 24. The van der Waals surface area contributed by atoms with Crippen LogP contribution in [0.4, 0.5) is 13.2 Å². The molecular formula is C32H55F3O3. The fraction of sp³-hybridized carbons (Fsp3) is 0.812. The van der Waals surface area contributed by atoms with Gasteiger partial charge in [0.25, 0.3) is 5.97 Å². The van der Waals surface area contributed by atoms with Crippen LogP contribution in [0, 0.1) is 5.92 Å². The van der Waals surface area contributed by atoms with E-state index < -0.39 is 17.7 Å². The van der Waals surface area contributed by atoms with Gasteiger partial charge in [-0.15, -0.1) is 0 Å². The maximum absolute atomic E-state index is 12.8. The Balaban J connectivity index is 2.70. The van der Waals surface area contributed by atoms with Gasteiger partial charge in [-0.05, 0) is 62.6 Å². The van der Waals surface area contributed by atoms with Crippen LogP contribution < -0.4 is 0 Å². The second kappa shape index (κ2) is 20.7. The SMILES string of the molecule is CCCCCCCCC(CCCCCCc1ccc(C(F)(F)F)cc1)C(OCCC)(OCCC)OCCC. The molecule has 0 amide bonds. The first kappa shape index (κ1) is 34.9. The molecule has 1 atom stereocenters. The van der Waals surface area contributed by atoms with Crippen LogP contribution in [0.1, 0.15) is 135 Å². The van der Waals surface area contributed by atoms with Gasteiger partial charge >= 0.3 is 6.18 Å². The zero-order chi connectivity index (χ0) is 28.1. The van der Waals surface area contributed by atoms with Crippen molar-refractivity contribution in [1.29, 1.82) is 0 Å². The van der Waals surface area contributed by atoms with Crippen LogP contribution in [-0.2, 0) is 26.8 Å². The van der Waals surface area contributed by atoms with Crippen molar-refractivity contribution in [3.05, 3.63) is 35.4 Å². The molecule has 1 aromatic rings. The first-order valence-corrected chi connectivity index (χ1v) is 15.4. The first-order valence-electron chi connectivity index (χ1n) is 15.4. The lowest BCUT2D eigenvalue weighted by atomic mass is 9.91. The van der Waals surface area contributed by atoms with Crippen LogP contribution in [0.5, 0.6) is 0 Å². The lowest BCUT2D eigenvalue weighted by Gasteiger charge is -2.40. The highest BCUT2D eigenvalue weighted by Crippen LogP contribution is 2.35. The van der Waals surface area contributed by atoms with Crippen molar-refractivity contribution in [1.82, 2.24) is 0 Å². The third-order valence-corrected chi connectivity index (χ3v) is 6.98. The van der Waals surface area contributed by atoms with Gasteiger partial charge in [-0.3, -0.25) is 0 Å². The maximum atomic E-state index is 12.8. The molecule has 0 aliphatic carbocycles. The van der Waals surface area contributed by atoms with E-state index in [0.717, 1.165) is 76.2 Å². The lowest BCUT2D eigenvalue weighted by Crippen LogP contribution is -2.47. The zero-order valence-corrected chi connectivity index (χ0v) is 24.7. The third-order valence-electron chi connectivity index (χ3n) is 6.98. The number of hydrogen-bond donors (Lipinski definition) is 0. The first-order chi connectivity index (χ1) is 18.3. The molecule has 0 radical (unpaired) electrons. The van der Waals surface area contributed by atoms with Gasteiger partial charge in [0.05, 0.1) is 25.4 Å². The Hall–Kier alpha value is -1.11. The highest BCUT2D eigenvalue weighted by atomic mass is 19.4. The van der Waals surface area contributed by atoms with Gasteiger partial charge in [-0.25, -0.2) is 0 Å². The molecule has 0 aromatic heterocycles. The topological polar surface area (TPSA) is 27.7 Å². The van der Waals surface area contributed by atoms with Gasteiger partial charge in [0, 0.05) is 5.92 Å². The zero-order valence-electron chi connectivity index (χ0n) is 24.7. The molecule has 0 N–H and O–H groups in total. The molecule has 0 aliphatic rings. The Bertz CT molecular complexity index is 654. The van der Waals surface area contributed by atoms with E-state index in [9.17, 15) is 13.2 Å². The molecule has 0 saturated carbocycles. The van der Waals surface area contributed by atoms with E-state index in [4.69, 9.17) is 14.2 Å². The summed E-state index contributed by atoms with van der Waals surface area (Å²) in [7, 11) is 0. The smallest absolute Gasteiger partial charge is 0.327 e. The van der Waals surface area contributed by atoms with Crippen LogP contribution in [0.25, 0.3) is 0 Å². The molecule has 1 rings (SSSR count). The van der Waals surface area contributed by atoms with Gasteiger partial charge in [-0.2, -0.15) is 13.2 Å². The van der Waals surface area contributed by atoms with E-state index in [-0.39, 0.29) is 5.92 Å². The summed E-state index contributed by atoms with van der Waals surface area (Å²) in [6, 6.07) is 5.58. The fourth-order valence-corrected chi connectivity index (χ4v) is 4.81. The summed E-state index contributed by atoms with van der Waals surface area (Å²) in [5.74, 6) is -0.778. The minimum atomic E-state index is -4.28. The molecule has 0 spiro atoms. The second-order valence-corrected chi connectivity index (χ2v) is 10.5. The van der Waals surface area contributed by atoms with Gasteiger partial charge in [0.15, 0.2) is 0 Å². The summed E-state index contributed by atoms with van der Waals surface area (Å²) in [5, 5.41) is 0. The molecule has 0 fully saturated rings. The van der Waals surface area contributed by atoms with Crippen molar-refractivity contribution in [3.8, 4) is 0 Å². The Kier molecular flexibility index (Phi) is 19.1. The summed E-state index contributed by atoms with van der Waals surface area (Å²) in [6.07, 6.45) is 13.0. The van der Waals surface area contributed by atoms with Crippen LogP contribution in [-0.4, -0.2) is 25.8 Å². The number of ether oxygens (including phenoxy) is 3. The Labute approximate surface area is 231 Å². The van der Waals surface area contributed by atoms with Crippen LogP contribution >= 0.6 is 0 Å². The van der Waals surface area contributed by atoms with Crippen molar-refractivity contribution >= 4 is 0 Å². The van der Waals surface area contributed by atoms with Gasteiger partial charge in [0.2, 0.25) is 0 Å². The van der Waals surface area contributed by atoms with Crippen LogP contribution in [0.15, 0.2) is 24.3 Å². The van der Waals surface area contributed by atoms with Crippen molar-refractivity contribution in [2.45, 2.75) is 143 Å². The second-order valence-electron chi connectivity index (χ2n) is 10.5. The van der Waals surface area contributed by atoms with Gasteiger partial charge < -0.3 is 14.2 Å². The van der Waals surface area contributed by atoms with E-state index in [0.29, 0.717) is 19.8 Å². The Morgan fingerprint density at radius 3 is 1.47 bits per heavy atom. The Morgan fingerprint density at radius 1 is 0.579 bits per heavy atom. The highest BCUT2D eigenvalue weighted by molar-refractivity contribution is 5.24. The van der Waals surface area contributed by atoms with Crippen LogP contribution in [0.3, 0.4) is 0 Å². The summed E-state index contributed by atoms with van der Waals surface area (Å²) in [6.45, 7) is 10.4. The van der Waals surface area contributed by atoms with E-state index in [1.54, 1.807) is 12.1 Å².